The highest BCUT2D eigenvalue weighted by Crippen LogP contribution is 2.39. The van der Waals surface area contributed by atoms with E-state index in [2.05, 4.69) is 11.2 Å². The molecule has 1 atom stereocenters. The van der Waals surface area contributed by atoms with E-state index in [1.807, 2.05) is 26.1 Å². The maximum atomic E-state index is 6.25. The van der Waals surface area contributed by atoms with Gasteiger partial charge in [-0.1, -0.05) is 11.6 Å². The van der Waals surface area contributed by atoms with Gasteiger partial charge in [0.2, 0.25) is 0 Å². The minimum atomic E-state index is 0.182. The summed E-state index contributed by atoms with van der Waals surface area (Å²) in [5, 5.41) is 4.99. The number of nitrogens with zero attached hydrogens (tertiary/aromatic N) is 2. The zero-order chi connectivity index (χ0) is 12.9. The van der Waals surface area contributed by atoms with Crippen molar-refractivity contribution in [3.05, 3.63) is 28.8 Å². The average Bonchev–Trinajstić information content (AvgIpc) is 2.83. The second kappa shape index (κ2) is 3.92. The van der Waals surface area contributed by atoms with Gasteiger partial charge in [-0.05, 0) is 19.1 Å². The standard InChI is InChI=1S/C13H14ClN3O/c1-7-3-9-4-8(5-10(14)13(9)18-7)11-6-12(15)17(2)16-11/h4-7H,3,15H2,1-2H3. The minimum absolute atomic E-state index is 0.182. The number of hydrogen-bond donors (Lipinski definition) is 1. The minimum Gasteiger partial charge on any atom is -0.489 e. The number of aromatic nitrogens is 2. The fourth-order valence-corrected chi connectivity index (χ4v) is 2.54. The number of fused-ring (bicyclic) bond motifs is 1. The van der Waals surface area contributed by atoms with Crippen LogP contribution in [-0.2, 0) is 13.5 Å². The van der Waals surface area contributed by atoms with Crippen LogP contribution < -0.4 is 10.5 Å². The van der Waals surface area contributed by atoms with Crippen LogP contribution >= 0.6 is 11.6 Å². The lowest BCUT2D eigenvalue weighted by atomic mass is 10.0. The Labute approximate surface area is 110 Å². The summed E-state index contributed by atoms with van der Waals surface area (Å²) in [4.78, 5) is 0. The van der Waals surface area contributed by atoms with Gasteiger partial charge in [0.1, 0.15) is 17.7 Å². The van der Waals surface area contributed by atoms with Crippen molar-refractivity contribution in [1.82, 2.24) is 9.78 Å². The molecule has 4 nitrogen and oxygen atoms in total. The number of halogens is 1. The van der Waals surface area contributed by atoms with E-state index in [0.717, 1.165) is 29.0 Å². The Kier molecular flexibility index (Phi) is 2.48. The molecule has 1 aromatic heterocycles. The number of nitrogens with two attached hydrogens (primary N) is 1. The molecule has 2 heterocycles. The normalized spacial score (nSPS) is 17.6. The lowest BCUT2D eigenvalue weighted by Crippen LogP contribution is -2.05. The first kappa shape index (κ1) is 11.4. The van der Waals surface area contributed by atoms with Gasteiger partial charge >= 0.3 is 0 Å². The van der Waals surface area contributed by atoms with Gasteiger partial charge < -0.3 is 10.5 Å². The molecular weight excluding hydrogens is 250 g/mol. The van der Waals surface area contributed by atoms with Crippen molar-refractivity contribution < 1.29 is 4.74 Å². The van der Waals surface area contributed by atoms with Crippen molar-refractivity contribution in [2.75, 3.05) is 5.73 Å². The van der Waals surface area contributed by atoms with E-state index < -0.39 is 0 Å². The van der Waals surface area contributed by atoms with Crippen LogP contribution in [0.5, 0.6) is 5.75 Å². The third-order valence-electron chi connectivity index (χ3n) is 3.16. The molecule has 0 amide bonds. The second-order valence-electron chi connectivity index (χ2n) is 4.66. The van der Waals surface area contributed by atoms with Crippen molar-refractivity contribution in [3.63, 3.8) is 0 Å². The molecule has 3 rings (SSSR count). The predicted molar refractivity (Wildman–Crippen MR) is 71.9 cm³/mol. The molecule has 0 bridgehead atoms. The molecule has 0 aliphatic carbocycles. The van der Waals surface area contributed by atoms with E-state index in [-0.39, 0.29) is 6.10 Å². The van der Waals surface area contributed by atoms with Gasteiger partial charge in [0.05, 0.1) is 10.7 Å². The Balaban J connectivity index is 2.10. The fourth-order valence-electron chi connectivity index (χ4n) is 2.26. The van der Waals surface area contributed by atoms with Crippen molar-refractivity contribution in [2.45, 2.75) is 19.4 Å². The zero-order valence-electron chi connectivity index (χ0n) is 10.3. The van der Waals surface area contributed by atoms with Gasteiger partial charge in [-0.2, -0.15) is 5.10 Å². The molecular formula is C13H14ClN3O. The predicted octanol–water partition coefficient (Wildman–Crippen LogP) is 2.65. The summed E-state index contributed by atoms with van der Waals surface area (Å²) in [5.41, 5.74) is 8.74. The van der Waals surface area contributed by atoms with Gasteiger partial charge in [0, 0.05) is 30.7 Å². The number of benzene rings is 1. The summed E-state index contributed by atoms with van der Waals surface area (Å²) in [6, 6.07) is 5.80. The summed E-state index contributed by atoms with van der Waals surface area (Å²) < 4.78 is 7.32. The van der Waals surface area contributed by atoms with Crippen molar-refractivity contribution in [2.24, 2.45) is 7.05 Å². The third kappa shape index (κ3) is 1.73. The second-order valence-corrected chi connectivity index (χ2v) is 5.06. The smallest absolute Gasteiger partial charge is 0.141 e. The fraction of sp³-hybridized carbons (Fsp3) is 0.308. The number of ether oxygens (including phenoxy) is 1. The largest absolute Gasteiger partial charge is 0.489 e. The molecule has 1 aliphatic rings. The van der Waals surface area contributed by atoms with Crippen LogP contribution in [0.2, 0.25) is 5.02 Å². The molecule has 18 heavy (non-hydrogen) atoms. The van der Waals surface area contributed by atoms with E-state index in [1.165, 1.54) is 0 Å². The van der Waals surface area contributed by atoms with Crippen LogP contribution in [0.1, 0.15) is 12.5 Å². The third-order valence-corrected chi connectivity index (χ3v) is 3.44. The number of nitrogen functional groups attached to an aromatic ring is 1. The van der Waals surface area contributed by atoms with E-state index in [1.54, 1.807) is 4.68 Å². The molecule has 1 aromatic carbocycles. The Morgan fingerprint density at radius 1 is 1.44 bits per heavy atom. The van der Waals surface area contributed by atoms with Crippen LogP contribution in [0.15, 0.2) is 18.2 Å². The quantitative estimate of drug-likeness (QED) is 0.861. The molecule has 94 valence electrons. The Hall–Kier alpha value is -1.68. The van der Waals surface area contributed by atoms with E-state index in [9.17, 15) is 0 Å². The Bertz CT molecular complexity index is 601. The van der Waals surface area contributed by atoms with Gasteiger partial charge in [-0.15, -0.1) is 0 Å². The van der Waals surface area contributed by atoms with Crippen LogP contribution in [0.25, 0.3) is 11.3 Å². The first-order valence-electron chi connectivity index (χ1n) is 5.83. The lowest BCUT2D eigenvalue weighted by molar-refractivity contribution is 0.255. The summed E-state index contributed by atoms with van der Waals surface area (Å²) in [5.74, 6) is 1.43. The monoisotopic (exact) mass is 263 g/mol. The number of aryl methyl sites for hydroxylation is 1. The van der Waals surface area contributed by atoms with E-state index >= 15 is 0 Å². The first-order valence-corrected chi connectivity index (χ1v) is 6.21. The number of rotatable bonds is 1. The van der Waals surface area contributed by atoms with E-state index in [4.69, 9.17) is 22.1 Å². The Morgan fingerprint density at radius 2 is 2.22 bits per heavy atom. The molecule has 5 heteroatoms. The van der Waals surface area contributed by atoms with Gasteiger partial charge in [0.15, 0.2) is 0 Å². The van der Waals surface area contributed by atoms with Crippen molar-refractivity contribution in [1.29, 1.82) is 0 Å². The SMILES string of the molecule is CC1Cc2cc(-c3cc(N)n(C)n3)cc(Cl)c2O1. The highest BCUT2D eigenvalue weighted by Gasteiger charge is 2.23. The van der Waals surface area contributed by atoms with Gasteiger partial charge in [-0.3, -0.25) is 4.68 Å². The first-order chi connectivity index (χ1) is 8.54. The zero-order valence-corrected chi connectivity index (χ0v) is 11.0. The molecule has 2 N–H and O–H groups in total. The molecule has 1 aliphatic heterocycles. The Morgan fingerprint density at radius 3 is 2.89 bits per heavy atom. The highest BCUT2D eigenvalue weighted by atomic mass is 35.5. The lowest BCUT2D eigenvalue weighted by Gasteiger charge is -2.05. The van der Waals surface area contributed by atoms with Crippen LogP contribution in [0.3, 0.4) is 0 Å². The maximum absolute atomic E-state index is 6.25. The molecule has 0 radical (unpaired) electrons. The average molecular weight is 264 g/mol. The summed E-state index contributed by atoms with van der Waals surface area (Å²) in [6.45, 7) is 2.04. The molecule has 0 spiro atoms. The van der Waals surface area contributed by atoms with Crippen LogP contribution in [0.4, 0.5) is 5.82 Å². The van der Waals surface area contributed by atoms with Gasteiger partial charge in [0.25, 0.3) is 0 Å². The summed E-state index contributed by atoms with van der Waals surface area (Å²) >= 11 is 6.25. The van der Waals surface area contributed by atoms with Crippen molar-refractivity contribution >= 4 is 17.4 Å². The molecule has 0 saturated heterocycles. The molecule has 0 saturated carbocycles. The van der Waals surface area contributed by atoms with Crippen LogP contribution in [0, 0.1) is 0 Å². The van der Waals surface area contributed by atoms with Crippen molar-refractivity contribution in [3.8, 4) is 17.0 Å². The summed E-state index contributed by atoms with van der Waals surface area (Å²) in [6.07, 6.45) is 1.06. The highest BCUT2D eigenvalue weighted by molar-refractivity contribution is 6.32. The van der Waals surface area contributed by atoms with Crippen LogP contribution in [-0.4, -0.2) is 15.9 Å². The topological polar surface area (TPSA) is 53.1 Å². The molecule has 0 fully saturated rings. The number of hydrogen-bond acceptors (Lipinski definition) is 3. The maximum Gasteiger partial charge on any atom is 0.141 e. The van der Waals surface area contributed by atoms with E-state index in [0.29, 0.717) is 10.8 Å². The molecule has 1 unspecified atom stereocenters. The van der Waals surface area contributed by atoms with Gasteiger partial charge in [-0.25, -0.2) is 0 Å². The molecule has 2 aromatic rings. The summed E-state index contributed by atoms with van der Waals surface area (Å²) in [7, 11) is 1.82. The number of anilines is 1.